The van der Waals surface area contributed by atoms with Gasteiger partial charge in [0.15, 0.2) is 5.16 Å². The summed E-state index contributed by atoms with van der Waals surface area (Å²) < 4.78 is 1.64. The van der Waals surface area contributed by atoms with Crippen LogP contribution in [0.3, 0.4) is 0 Å². The minimum atomic E-state index is 0.0269. The van der Waals surface area contributed by atoms with Gasteiger partial charge in [0.2, 0.25) is 0 Å². The standard InChI is InChI=1S/C15H14N2OS2/c1-10(11-6-4-3-5-7-11)20-15-16-13-12(8-9-19-13)14(18)17(15)2/h3-10H,1-2H3. The van der Waals surface area contributed by atoms with Gasteiger partial charge in [0.25, 0.3) is 5.56 Å². The Balaban J connectivity index is 1.99. The normalized spacial score (nSPS) is 12.7. The van der Waals surface area contributed by atoms with Crippen molar-refractivity contribution < 1.29 is 0 Å². The Morgan fingerprint density at radius 2 is 2.00 bits per heavy atom. The first kappa shape index (κ1) is 13.4. The Morgan fingerprint density at radius 3 is 2.75 bits per heavy atom. The van der Waals surface area contributed by atoms with Crippen LogP contribution in [0, 0.1) is 0 Å². The fourth-order valence-electron chi connectivity index (χ4n) is 2.04. The van der Waals surface area contributed by atoms with Crippen molar-refractivity contribution in [2.75, 3.05) is 0 Å². The molecule has 0 spiro atoms. The smallest absolute Gasteiger partial charge is 0.262 e. The SMILES string of the molecule is CC(Sc1nc2sccc2c(=O)n1C)c1ccccc1. The van der Waals surface area contributed by atoms with Gasteiger partial charge in [0.05, 0.1) is 5.39 Å². The lowest BCUT2D eigenvalue weighted by Gasteiger charge is -2.13. The Labute approximate surface area is 125 Å². The Bertz CT molecular complexity index is 792. The zero-order chi connectivity index (χ0) is 14.1. The van der Waals surface area contributed by atoms with E-state index in [4.69, 9.17) is 0 Å². The van der Waals surface area contributed by atoms with E-state index in [9.17, 15) is 4.79 Å². The van der Waals surface area contributed by atoms with Gasteiger partial charge in [-0.1, -0.05) is 42.1 Å². The number of nitrogens with zero attached hydrogens (tertiary/aromatic N) is 2. The van der Waals surface area contributed by atoms with Gasteiger partial charge in [-0.05, 0) is 23.9 Å². The molecule has 0 saturated carbocycles. The van der Waals surface area contributed by atoms with Gasteiger partial charge in [0.1, 0.15) is 4.83 Å². The van der Waals surface area contributed by atoms with E-state index in [1.165, 1.54) is 16.9 Å². The van der Waals surface area contributed by atoms with Crippen molar-refractivity contribution in [3.05, 3.63) is 57.7 Å². The van der Waals surface area contributed by atoms with Crippen molar-refractivity contribution in [1.82, 2.24) is 9.55 Å². The summed E-state index contributed by atoms with van der Waals surface area (Å²) in [5.41, 5.74) is 1.26. The summed E-state index contributed by atoms with van der Waals surface area (Å²) in [7, 11) is 1.78. The Morgan fingerprint density at radius 1 is 1.25 bits per heavy atom. The highest BCUT2D eigenvalue weighted by Gasteiger charge is 2.14. The second-order valence-corrected chi connectivity index (χ2v) is 6.77. The van der Waals surface area contributed by atoms with E-state index < -0.39 is 0 Å². The summed E-state index contributed by atoms with van der Waals surface area (Å²) in [6.45, 7) is 2.13. The second kappa shape index (κ2) is 5.42. The fourth-order valence-corrected chi connectivity index (χ4v) is 3.84. The monoisotopic (exact) mass is 302 g/mol. The number of thioether (sulfide) groups is 1. The van der Waals surface area contributed by atoms with Gasteiger partial charge >= 0.3 is 0 Å². The van der Waals surface area contributed by atoms with E-state index in [1.54, 1.807) is 23.4 Å². The van der Waals surface area contributed by atoms with Gasteiger partial charge in [-0.25, -0.2) is 4.98 Å². The maximum absolute atomic E-state index is 12.2. The number of thiophene rings is 1. The fraction of sp³-hybridized carbons (Fsp3) is 0.200. The predicted molar refractivity (Wildman–Crippen MR) is 85.6 cm³/mol. The zero-order valence-corrected chi connectivity index (χ0v) is 12.9. The molecular formula is C15H14N2OS2. The lowest BCUT2D eigenvalue weighted by molar-refractivity contribution is 0.725. The zero-order valence-electron chi connectivity index (χ0n) is 11.2. The molecule has 1 unspecified atom stereocenters. The molecule has 20 heavy (non-hydrogen) atoms. The highest BCUT2D eigenvalue weighted by Crippen LogP contribution is 2.33. The molecular weight excluding hydrogens is 288 g/mol. The highest BCUT2D eigenvalue weighted by molar-refractivity contribution is 7.99. The van der Waals surface area contributed by atoms with Crippen molar-refractivity contribution >= 4 is 33.3 Å². The van der Waals surface area contributed by atoms with Crippen LogP contribution >= 0.6 is 23.1 Å². The number of hydrogen-bond acceptors (Lipinski definition) is 4. The molecule has 1 aromatic carbocycles. The highest BCUT2D eigenvalue weighted by atomic mass is 32.2. The molecule has 0 saturated heterocycles. The molecule has 2 heterocycles. The molecule has 0 radical (unpaired) electrons. The third kappa shape index (κ3) is 2.39. The number of hydrogen-bond donors (Lipinski definition) is 0. The summed E-state index contributed by atoms with van der Waals surface area (Å²) in [6.07, 6.45) is 0. The van der Waals surface area contributed by atoms with Crippen LogP contribution in [0.5, 0.6) is 0 Å². The molecule has 0 aliphatic heterocycles. The molecule has 2 aromatic heterocycles. The van der Waals surface area contributed by atoms with Crippen molar-refractivity contribution in [3.63, 3.8) is 0 Å². The van der Waals surface area contributed by atoms with E-state index in [2.05, 4.69) is 24.0 Å². The van der Waals surface area contributed by atoms with Crippen molar-refractivity contribution in [2.45, 2.75) is 17.3 Å². The van der Waals surface area contributed by atoms with Crippen LogP contribution in [-0.2, 0) is 7.05 Å². The van der Waals surface area contributed by atoms with Gasteiger partial charge < -0.3 is 0 Å². The molecule has 0 aliphatic carbocycles. The second-order valence-electron chi connectivity index (χ2n) is 4.57. The minimum absolute atomic E-state index is 0.0269. The van der Waals surface area contributed by atoms with Crippen LogP contribution in [0.25, 0.3) is 10.2 Å². The van der Waals surface area contributed by atoms with Crippen molar-refractivity contribution in [3.8, 4) is 0 Å². The average molecular weight is 302 g/mol. The molecule has 3 nitrogen and oxygen atoms in total. The van der Waals surface area contributed by atoms with E-state index >= 15 is 0 Å². The quantitative estimate of drug-likeness (QED) is 0.544. The van der Waals surface area contributed by atoms with E-state index in [-0.39, 0.29) is 10.8 Å². The van der Waals surface area contributed by atoms with Gasteiger partial charge in [-0.15, -0.1) is 11.3 Å². The summed E-state index contributed by atoms with van der Waals surface area (Å²) in [6, 6.07) is 12.1. The van der Waals surface area contributed by atoms with Crippen LogP contribution in [0.4, 0.5) is 0 Å². The molecule has 5 heteroatoms. The summed E-state index contributed by atoms with van der Waals surface area (Å²) in [5.74, 6) is 0. The molecule has 0 fully saturated rings. The molecule has 0 bridgehead atoms. The van der Waals surface area contributed by atoms with E-state index in [0.29, 0.717) is 5.39 Å². The molecule has 0 aliphatic rings. The molecule has 0 amide bonds. The number of aromatic nitrogens is 2. The van der Waals surface area contributed by atoms with Crippen molar-refractivity contribution in [2.24, 2.45) is 7.05 Å². The van der Waals surface area contributed by atoms with Crippen LogP contribution in [-0.4, -0.2) is 9.55 Å². The molecule has 0 N–H and O–H groups in total. The molecule has 1 atom stereocenters. The molecule has 3 rings (SSSR count). The first-order valence-electron chi connectivity index (χ1n) is 6.32. The van der Waals surface area contributed by atoms with Gasteiger partial charge in [0, 0.05) is 12.3 Å². The average Bonchev–Trinajstić information content (AvgIpc) is 2.93. The summed E-state index contributed by atoms with van der Waals surface area (Å²) in [5, 5.41) is 3.64. The third-order valence-electron chi connectivity index (χ3n) is 3.22. The lowest BCUT2D eigenvalue weighted by atomic mass is 10.2. The van der Waals surface area contributed by atoms with Gasteiger partial charge in [-0.2, -0.15) is 0 Å². The lowest BCUT2D eigenvalue weighted by Crippen LogP contribution is -2.19. The largest absolute Gasteiger partial charge is 0.290 e. The first-order chi connectivity index (χ1) is 9.66. The van der Waals surface area contributed by atoms with Crippen LogP contribution in [0.15, 0.2) is 51.7 Å². The minimum Gasteiger partial charge on any atom is -0.290 e. The summed E-state index contributed by atoms with van der Waals surface area (Å²) in [4.78, 5) is 17.7. The number of fused-ring (bicyclic) bond motifs is 1. The Hall–Kier alpha value is -1.59. The van der Waals surface area contributed by atoms with E-state index in [1.807, 2.05) is 29.6 Å². The van der Waals surface area contributed by atoms with Gasteiger partial charge in [-0.3, -0.25) is 9.36 Å². The maximum atomic E-state index is 12.2. The van der Waals surface area contributed by atoms with Crippen molar-refractivity contribution in [1.29, 1.82) is 0 Å². The molecule has 3 aromatic rings. The topological polar surface area (TPSA) is 34.9 Å². The first-order valence-corrected chi connectivity index (χ1v) is 8.08. The van der Waals surface area contributed by atoms with Crippen LogP contribution in [0.1, 0.15) is 17.7 Å². The third-order valence-corrected chi connectivity index (χ3v) is 5.22. The van der Waals surface area contributed by atoms with E-state index in [0.717, 1.165) is 9.99 Å². The summed E-state index contributed by atoms with van der Waals surface area (Å²) >= 11 is 3.12. The molecule has 102 valence electrons. The Kier molecular flexibility index (Phi) is 3.63. The number of rotatable bonds is 3. The number of benzene rings is 1. The van der Waals surface area contributed by atoms with Crippen LogP contribution in [0.2, 0.25) is 0 Å². The van der Waals surface area contributed by atoms with Crippen LogP contribution < -0.4 is 5.56 Å². The predicted octanol–water partition coefficient (Wildman–Crippen LogP) is 3.85. The maximum Gasteiger partial charge on any atom is 0.262 e.